The van der Waals surface area contributed by atoms with E-state index < -0.39 is 0 Å². The lowest BCUT2D eigenvalue weighted by atomic mass is 10.1. The summed E-state index contributed by atoms with van der Waals surface area (Å²) in [5, 5.41) is 3.54. The number of nitrogens with zero attached hydrogens (tertiary/aromatic N) is 2. The summed E-state index contributed by atoms with van der Waals surface area (Å²) in [7, 11) is 0. The zero-order chi connectivity index (χ0) is 14.2. The lowest BCUT2D eigenvalue weighted by Gasteiger charge is -2.15. The van der Waals surface area contributed by atoms with Gasteiger partial charge in [0, 0.05) is 25.0 Å². The summed E-state index contributed by atoms with van der Waals surface area (Å²) in [5.41, 5.74) is 1.29. The van der Waals surface area contributed by atoms with E-state index in [0.29, 0.717) is 12.6 Å². The van der Waals surface area contributed by atoms with E-state index in [1.807, 2.05) is 37.8 Å². The SMILES string of the molecule is CCOc1ccc(C(C)NCCCn2ccnc2)cc1. The summed E-state index contributed by atoms with van der Waals surface area (Å²) in [6.45, 7) is 6.89. The Morgan fingerprint density at radius 1 is 1.30 bits per heavy atom. The molecule has 0 radical (unpaired) electrons. The summed E-state index contributed by atoms with van der Waals surface area (Å²) in [6, 6.07) is 8.66. The first-order valence-corrected chi connectivity index (χ1v) is 7.21. The van der Waals surface area contributed by atoms with Gasteiger partial charge in [-0.3, -0.25) is 0 Å². The molecule has 0 fully saturated rings. The zero-order valence-electron chi connectivity index (χ0n) is 12.2. The van der Waals surface area contributed by atoms with Gasteiger partial charge in [0.1, 0.15) is 5.75 Å². The van der Waals surface area contributed by atoms with Crippen LogP contribution in [0.4, 0.5) is 0 Å². The average Bonchev–Trinajstić information content (AvgIpc) is 2.98. The number of aromatic nitrogens is 2. The van der Waals surface area contributed by atoms with Gasteiger partial charge < -0.3 is 14.6 Å². The van der Waals surface area contributed by atoms with E-state index in [9.17, 15) is 0 Å². The van der Waals surface area contributed by atoms with E-state index in [0.717, 1.165) is 25.3 Å². The number of nitrogens with one attached hydrogen (secondary N) is 1. The Balaban J connectivity index is 1.72. The topological polar surface area (TPSA) is 39.1 Å². The maximum absolute atomic E-state index is 5.45. The highest BCUT2D eigenvalue weighted by Gasteiger charge is 2.04. The van der Waals surface area contributed by atoms with Gasteiger partial charge in [-0.05, 0) is 44.5 Å². The van der Waals surface area contributed by atoms with E-state index in [4.69, 9.17) is 4.74 Å². The Hall–Kier alpha value is -1.81. The van der Waals surface area contributed by atoms with Crippen LogP contribution in [0.1, 0.15) is 31.9 Å². The van der Waals surface area contributed by atoms with E-state index in [2.05, 4.69) is 33.9 Å². The highest BCUT2D eigenvalue weighted by Crippen LogP contribution is 2.17. The summed E-state index contributed by atoms with van der Waals surface area (Å²) < 4.78 is 7.55. The fourth-order valence-electron chi connectivity index (χ4n) is 2.14. The largest absolute Gasteiger partial charge is 0.494 e. The fourth-order valence-corrected chi connectivity index (χ4v) is 2.14. The van der Waals surface area contributed by atoms with Gasteiger partial charge in [-0.25, -0.2) is 4.98 Å². The first kappa shape index (κ1) is 14.6. The van der Waals surface area contributed by atoms with Gasteiger partial charge in [0.2, 0.25) is 0 Å². The minimum atomic E-state index is 0.355. The Labute approximate surface area is 120 Å². The first-order chi connectivity index (χ1) is 9.79. The van der Waals surface area contributed by atoms with Crippen molar-refractivity contribution in [1.29, 1.82) is 0 Å². The quantitative estimate of drug-likeness (QED) is 0.751. The van der Waals surface area contributed by atoms with E-state index in [-0.39, 0.29) is 0 Å². The smallest absolute Gasteiger partial charge is 0.119 e. The van der Waals surface area contributed by atoms with E-state index in [1.165, 1.54) is 5.56 Å². The van der Waals surface area contributed by atoms with Gasteiger partial charge in [-0.15, -0.1) is 0 Å². The predicted octanol–water partition coefficient (Wildman–Crippen LogP) is 3.02. The highest BCUT2D eigenvalue weighted by molar-refractivity contribution is 5.28. The van der Waals surface area contributed by atoms with Crippen LogP contribution < -0.4 is 10.1 Å². The van der Waals surface area contributed by atoms with Crippen molar-refractivity contribution in [3.63, 3.8) is 0 Å². The molecule has 0 saturated heterocycles. The molecular formula is C16H23N3O. The van der Waals surface area contributed by atoms with Gasteiger partial charge >= 0.3 is 0 Å². The zero-order valence-corrected chi connectivity index (χ0v) is 12.2. The molecule has 1 unspecified atom stereocenters. The predicted molar refractivity (Wildman–Crippen MR) is 80.9 cm³/mol. The van der Waals surface area contributed by atoms with Gasteiger partial charge in [0.25, 0.3) is 0 Å². The highest BCUT2D eigenvalue weighted by atomic mass is 16.5. The second-order valence-corrected chi connectivity index (χ2v) is 4.83. The molecule has 1 aromatic heterocycles. The molecule has 20 heavy (non-hydrogen) atoms. The van der Waals surface area contributed by atoms with Crippen LogP contribution in [0, 0.1) is 0 Å². The normalized spacial score (nSPS) is 12.3. The van der Waals surface area contributed by atoms with Crippen LogP contribution in [0.25, 0.3) is 0 Å². The number of imidazole rings is 1. The first-order valence-electron chi connectivity index (χ1n) is 7.21. The molecule has 0 saturated carbocycles. The number of ether oxygens (including phenoxy) is 1. The number of hydrogen-bond acceptors (Lipinski definition) is 3. The maximum Gasteiger partial charge on any atom is 0.119 e. The van der Waals surface area contributed by atoms with Crippen LogP contribution in [0.2, 0.25) is 0 Å². The monoisotopic (exact) mass is 273 g/mol. The van der Waals surface area contributed by atoms with Gasteiger partial charge in [-0.1, -0.05) is 12.1 Å². The lowest BCUT2D eigenvalue weighted by molar-refractivity contribution is 0.340. The summed E-state index contributed by atoms with van der Waals surface area (Å²) >= 11 is 0. The minimum Gasteiger partial charge on any atom is -0.494 e. The van der Waals surface area contributed by atoms with Gasteiger partial charge in [-0.2, -0.15) is 0 Å². The minimum absolute atomic E-state index is 0.355. The number of rotatable bonds is 8. The summed E-state index contributed by atoms with van der Waals surface area (Å²) in [6.07, 6.45) is 6.76. The lowest BCUT2D eigenvalue weighted by Crippen LogP contribution is -2.20. The molecular weight excluding hydrogens is 250 g/mol. The van der Waals surface area contributed by atoms with Crippen molar-refractivity contribution < 1.29 is 4.74 Å². The molecule has 1 heterocycles. The average molecular weight is 273 g/mol. The van der Waals surface area contributed by atoms with Crippen molar-refractivity contribution in [3.8, 4) is 5.75 Å². The molecule has 0 bridgehead atoms. The molecule has 0 spiro atoms. The standard InChI is InChI=1S/C16H23N3O/c1-3-20-16-7-5-15(6-8-16)14(2)18-9-4-11-19-12-10-17-13-19/h5-8,10,12-14,18H,3-4,9,11H2,1-2H3. The third-order valence-electron chi connectivity index (χ3n) is 3.29. The Kier molecular flexibility index (Phi) is 5.62. The molecule has 4 nitrogen and oxygen atoms in total. The van der Waals surface area contributed by atoms with Gasteiger partial charge in [0.15, 0.2) is 0 Å². The van der Waals surface area contributed by atoms with Crippen LogP contribution in [-0.4, -0.2) is 22.7 Å². The van der Waals surface area contributed by atoms with E-state index >= 15 is 0 Å². The molecule has 0 amide bonds. The van der Waals surface area contributed by atoms with Gasteiger partial charge in [0.05, 0.1) is 12.9 Å². The number of benzene rings is 1. The van der Waals surface area contributed by atoms with Crippen LogP contribution in [0.3, 0.4) is 0 Å². The third kappa shape index (κ3) is 4.38. The third-order valence-corrected chi connectivity index (χ3v) is 3.29. The fraction of sp³-hybridized carbons (Fsp3) is 0.438. The van der Waals surface area contributed by atoms with Crippen molar-refractivity contribution in [3.05, 3.63) is 48.5 Å². The molecule has 1 N–H and O–H groups in total. The Morgan fingerprint density at radius 3 is 2.75 bits per heavy atom. The molecule has 0 aliphatic rings. The van der Waals surface area contributed by atoms with Crippen LogP contribution in [0.5, 0.6) is 5.75 Å². The Morgan fingerprint density at radius 2 is 2.10 bits per heavy atom. The second-order valence-electron chi connectivity index (χ2n) is 4.83. The van der Waals surface area contributed by atoms with E-state index in [1.54, 1.807) is 0 Å². The van der Waals surface area contributed by atoms with Crippen molar-refractivity contribution in [1.82, 2.24) is 14.9 Å². The molecule has 108 valence electrons. The molecule has 4 heteroatoms. The number of hydrogen-bond donors (Lipinski definition) is 1. The molecule has 1 aromatic carbocycles. The van der Waals surface area contributed by atoms with Crippen LogP contribution in [0.15, 0.2) is 43.0 Å². The summed E-state index contributed by atoms with van der Waals surface area (Å²) in [5.74, 6) is 0.934. The Bertz CT molecular complexity index is 479. The van der Waals surface area contributed by atoms with Crippen molar-refractivity contribution >= 4 is 0 Å². The molecule has 1 atom stereocenters. The molecule has 0 aliphatic heterocycles. The second kappa shape index (κ2) is 7.70. The van der Waals surface area contributed by atoms with Crippen LogP contribution >= 0.6 is 0 Å². The number of aryl methyl sites for hydroxylation is 1. The summed E-state index contributed by atoms with van der Waals surface area (Å²) in [4.78, 5) is 4.04. The maximum atomic E-state index is 5.45. The van der Waals surface area contributed by atoms with Crippen molar-refractivity contribution in [2.45, 2.75) is 32.9 Å². The molecule has 2 rings (SSSR count). The van der Waals surface area contributed by atoms with Crippen LogP contribution in [-0.2, 0) is 6.54 Å². The van der Waals surface area contributed by atoms with Crippen molar-refractivity contribution in [2.24, 2.45) is 0 Å². The molecule has 0 aliphatic carbocycles. The van der Waals surface area contributed by atoms with Crippen molar-refractivity contribution in [2.75, 3.05) is 13.2 Å². The molecule has 2 aromatic rings.